The summed E-state index contributed by atoms with van der Waals surface area (Å²) < 4.78 is 7.23. The lowest BCUT2D eigenvalue weighted by molar-refractivity contribution is -0.127. The fraction of sp³-hybridized carbons (Fsp3) is 0.286. The van der Waals surface area contributed by atoms with Gasteiger partial charge in [-0.2, -0.15) is 0 Å². The topological polar surface area (TPSA) is 60.3 Å². The Labute approximate surface area is 169 Å². The van der Waals surface area contributed by atoms with Crippen LogP contribution in [0.5, 0.6) is 5.75 Å². The molecule has 6 nitrogen and oxygen atoms in total. The van der Waals surface area contributed by atoms with Crippen LogP contribution in [-0.2, 0) is 4.79 Å². The number of para-hydroxylation sites is 1. The molecule has 0 aliphatic heterocycles. The van der Waals surface area contributed by atoms with Gasteiger partial charge in [-0.15, -0.1) is 10.2 Å². The number of benzene rings is 2. The molecule has 0 saturated heterocycles. The highest BCUT2D eigenvalue weighted by molar-refractivity contribution is 7.99. The minimum atomic E-state index is 0.101. The lowest BCUT2D eigenvalue weighted by Crippen LogP contribution is -2.31. The summed E-state index contributed by atoms with van der Waals surface area (Å²) in [5.41, 5.74) is 1.88. The minimum Gasteiger partial charge on any atom is -0.497 e. The van der Waals surface area contributed by atoms with E-state index in [9.17, 15) is 4.79 Å². The highest BCUT2D eigenvalue weighted by atomic mass is 32.2. The maximum absolute atomic E-state index is 12.4. The van der Waals surface area contributed by atoms with Gasteiger partial charge in [-0.1, -0.05) is 30.0 Å². The van der Waals surface area contributed by atoms with E-state index >= 15 is 0 Å². The summed E-state index contributed by atoms with van der Waals surface area (Å²) in [6.07, 6.45) is 0. The molecule has 0 N–H and O–H groups in total. The summed E-state index contributed by atoms with van der Waals surface area (Å²) in [7, 11) is 1.64. The van der Waals surface area contributed by atoms with Crippen molar-refractivity contribution in [3.8, 4) is 22.8 Å². The molecule has 28 heavy (non-hydrogen) atoms. The van der Waals surface area contributed by atoms with E-state index in [2.05, 4.69) is 10.2 Å². The van der Waals surface area contributed by atoms with Gasteiger partial charge in [-0.05, 0) is 50.2 Å². The lowest BCUT2D eigenvalue weighted by atomic mass is 10.2. The van der Waals surface area contributed by atoms with Crippen LogP contribution < -0.4 is 4.74 Å². The second kappa shape index (κ2) is 9.41. The Morgan fingerprint density at radius 3 is 2.32 bits per heavy atom. The maximum Gasteiger partial charge on any atom is 0.233 e. The molecular formula is C21H24N4O2S. The fourth-order valence-electron chi connectivity index (χ4n) is 2.89. The number of aromatic nitrogens is 3. The third-order valence-electron chi connectivity index (χ3n) is 4.44. The second-order valence-electron chi connectivity index (χ2n) is 6.06. The average molecular weight is 397 g/mol. The van der Waals surface area contributed by atoms with Crippen LogP contribution in [0.15, 0.2) is 59.8 Å². The lowest BCUT2D eigenvalue weighted by Gasteiger charge is -2.18. The van der Waals surface area contributed by atoms with Crippen molar-refractivity contribution in [2.45, 2.75) is 19.0 Å². The first-order valence-electron chi connectivity index (χ1n) is 9.23. The predicted octanol–water partition coefficient (Wildman–Crippen LogP) is 3.90. The Morgan fingerprint density at radius 1 is 1.04 bits per heavy atom. The Morgan fingerprint density at radius 2 is 1.71 bits per heavy atom. The summed E-state index contributed by atoms with van der Waals surface area (Å²) in [6.45, 7) is 5.39. The number of carbonyl (C=O) groups excluding carboxylic acids is 1. The number of hydrogen-bond acceptors (Lipinski definition) is 5. The molecule has 0 saturated carbocycles. The number of methoxy groups -OCH3 is 1. The summed E-state index contributed by atoms with van der Waals surface area (Å²) in [6, 6.07) is 17.6. The molecule has 0 unspecified atom stereocenters. The predicted molar refractivity (Wildman–Crippen MR) is 112 cm³/mol. The molecule has 0 atom stereocenters. The highest BCUT2D eigenvalue weighted by Crippen LogP contribution is 2.29. The van der Waals surface area contributed by atoms with Gasteiger partial charge in [0.1, 0.15) is 5.75 Å². The molecule has 0 bridgehead atoms. The van der Waals surface area contributed by atoms with Crippen molar-refractivity contribution in [2.24, 2.45) is 0 Å². The summed E-state index contributed by atoms with van der Waals surface area (Å²) in [4.78, 5) is 14.2. The van der Waals surface area contributed by atoms with E-state index in [1.54, 1.807) is 7.11 Å². The zero-order chi connectivity index (χ0) is 19.9. The van der Waals surface area contributed by atoms with E-state index in [0.717, 1.165) is 22.8 Å². The van der Waals surface area contributed by atoms with Crippen molar-refractivity contribution in [3.63, 3.8) is 0 Å². The maximum atomic E-state index is 12.4. The third-order valence-corrected chi connectivity index (χ3v) is 5.35. The van der Waals surface area contributed by atoms with Crippen LogP contribution in [-0.4, -0.2) is 51.5 Å². The number of rotatable bonds is 8. The Hall–Kier alpha value is -2.80. The van der Waals surface area contributed by atoms with Gasteiger partial charge in [0.2, 0.25) is 5.91 Å². The number of thioether (sulfide) groups is 1. The molecule has 1 aromatic heterocycles. The molecule has 0 fully saturated rings. The Balaban J connectivity index is 1.94. The van der Waals surface area contributed by atoms with Crippen LogP contribution >= 0.6 is 11.8 Å². The quantitative estimate of drug-likeness (QED) is 0.541. The van der Waals surface area contributed by atoms with Gasteiger partial charge >= 0.3 is 0 Å². The third kappa shape index (κ3) is 4.36. The monoisotopic (exact) mass is 396 g/mol. The molecular weight excluding hydrogens is 372 g/mol. The van der Waals surface area contributed by atoms with Crippen LogP contribution in [0.4, 0.5) is 0 Å². The standard InChI is InChI=1S/C21H24N4O2S/c1-4-24(5-2)19(26)15-28-21-23-22-20(16-11-13-18(27-3)14-12-16)25(21)17-9-7-6-8-10-17/h6-14H,4-5,15H2,1-3H3. The first-order chi connectivity index (χ1) is 13.7. The largest absolute Gasteiger partial charge is 0.497 e. The van der Waals surface area contributed by atoms with Crippen molar-refractivity contribution in [2.75, 3.05) is 26.0 Å². The zero-order valence-corrected chi connectivity index (χ0v) is 17.1. The smallest absolute Gasteiger partial charge is 0.233 e. The first kappa shape index (κ1) is 19.9. The molecule has 1 amide bonds. The van der Waals surface area contributed by atoms with Gasteiger partial charge in [-0.3, -0.25) is 9.36 Å². The SMILES string of the molecule is CCN(CC)C(=O)CSc1nnc(-c2ccc(OC)cc2)n1-c1ccccc1. The number of nitrogens with zero attached hydrogens (tertiary/aromatic N) is 4. The van der Waals surface area contributed by atoms with Crippen molar-refractivity contribution in [1.82, 2.24) is 19.7 Å². The van der Waals surface area contributed by atoms with Crippen LogP contribution in [0, 0.1) is 0 Å². The first-order valence-corrected chi connectivity index (χ1v) is 10.2. The van der Waals surface area contributed by atoms with E-state index in [1.165, 1.54) is 11.8 Å². The van der Waals surface area contributed by atoms with Crippen LogP contribution in [0.3, 0.4) is 0 Å². The van der Waals surface area contributed by atoms with E-state index < -0.39 is 0 Å². The number of carbonyl (C=O) groups is 1. The Bertz CT molecular complexity index is 906. The van der Waals surface area contributed by atoms with Crippen molar-refractivity contribution in [3.05, 3.63) is 54.6 Å². The van der Waals surface area contributed by atoms with Crippen LogP contribution in [0.1, 0.15) is 13.8 Å². The Kier molecular flexibility index (Phi) is 6.71. The molecule has 3 rings (SSSR count). The van der Waals surface area contributed by atoms with Gasteiger partial charge in [0.25, 0.3) is 0 Å². The molecule has 146 valence electrons. The van der Waals surface area contributed by atoms with Gasteiger partial charge in [-0.25, -0.2) is 0 Å². The van der Waals surface area contributed by atoms with E-state index in [0.29, 0.717) is 24.0 Å². The van der Waals surface area contributed by atoms with Gasteiger partial charge < -0.3 is 9.64 Å². The molecule has 7 heteroatoms. The number of amides is 1. The summed E-state index contributed by atoms with van der Waals surface area (Å²) in [5, 5.41) is 9.47. The molecule has 0 aliphatic rings. The summed E-state index contributed by atoms with van der Waals surface area (Å²) >= 11 is 1.41. The molecule has 0 aliphatic carbocycles. The molecule has 0 spiro atoms. The van der Waals surface area contributed by atoms with Crippen LogP contribution in [0.25, 0.3) is 17.1 Å². The van der Waals surface area contributed by atoms with Gasteiger partial charge in [0.05, 0.1) is 12.9 Å². The molecule has 2 aromatic carbocycles. The van der Waals surface area contributed by atoms with Crippen molar-refractivity contribution in [1.29, 1.82) is 0 Å². The molecule has 3 aromatic rings. The average Bonchev–Trinajstić information content (AvgIpc) is 3.17. The highest BCUT2D eigenvalue weighted by Gasteiger charge is 2.18. The van der Waals surface area contributed by atoms with Crippen LogP contribution in [0.2, 0.25) is 0 Å². The molecule has 0 radical (unpaired) electrons. The number of hydrogen-bond donors (Lipinski definition) is 0. The second-order valence-corrected chi connectivity index (χ2v) is 7.00. The van der Waals surface area contributed by atoms with Crippen molar-refractivity contribution < 1.29 is 9.53 Å². The van der Waals surface area contributed by atoms with E-state index in [1.807, 2.05) is 77.9 Å². The van der Waals surface area contributed by atoms with E-state index in [-0.39, 0.29) is 5.91 Å². The fourth-order valence-corrected chi connectivity index (χ4v) is 3.75. The normalized spacial score (nSPS) is 10.7. The zero-order valence-electron chi connectivity index (χ0n) is 16.3. The van der Waals surface area contributed by atoms with E-state index in [4.69, 9.17) is 4.74 Å². The minimum absolute atomic E-state index is 0.101. The molecule has 1 heterocycles. The van der Waals surface area contributed by atoms with Crippen molar-refractivity contribution >= 4 is 17.7 Å². The summed E-state index contributed by atoms with van der Waals surface area (Å²) in [5.74, 6) is 1.94. The number of ether oxygens (including phenoxy) is 1. The van der Waals surface area contributed by atoms with Gasteiger partial charge in [0, 0.05) is 24.3 Å². The van der Waals surface area contributed by atoms with Gasteiger partial charge in [0.15, 0.2) is 11.0 Å².